The van der Waals surface area contributed by atoms with E-state index < -0.39 is 0 Å². The average molecular weight is 259 g/mol. The van der Waals surface area contributed by atoms with Crippen molar-refractivity contribution in [1.82, 2.24) is 15.6 Å². The maximum atomic E-state index is 4.09. The molecule has 0 radical (unpaired) electrons. The van der Waals surface area contributed by atoms with Crippen LogP contribution in [-0.2, 0) is 26.1 Å². The van der Waals surface area contributed by atoms with E-state index in [4.69, 9.17) is 0 Å². The Morgan fingerprint density at radius 1 is 1.33 bits per heavy atom. The van der Waals surface area contributed by atoms with E-state index in [-0.39, 0.29) is 0 Å². The molecule has 1 aromatic carbocycles. The molecule has 1 aliphatic heterocycles. The van der Waals surface area contributed by atoms with Gasteiger partial charge in [-0.05, 0) is 29.7 Å². The molecule has 0 aliphatic carbocycles. The highest BCUT2D eigenvalue weighted by atomic mass is 32.1. The van der Waals surface area contributed by atoms with Crippen molar-refractivity contribution in [2.24, 2.45) is 0 Å². The van der Waals surface area contributed by atoms with E-state index >= 15 is 0 Å². The Bertz CT molecular complexity index is 508. The van der Waals surface area contributed by atoms with Crippen LogP contribution in [0.4, 0.5) is 0 Å². The van der Waals surface area contributed by atoms with Crippen molar-refractivity contribution in [3.05, 3.63) is 51.5 Å². The fourth-order valence-corrected chi connectivity index (χ4v) is 2.99. The van der Waals surface area contributed by atoms with Crippen LogP contribution in [0.3, 0.4) is 0 Å². The Hall–Kier alpha value is -1.23. The van der Waals surface area contributed by atoms with Crippen LogP contribution in [0.5, 0.6) is 0 Å². The Labute approximate surface area is 111 Å². The summed E-state index contributed by atoms with van der Waals surface area (Å²) in [4.78, 5) is 5.38. The first-order valence-corrected chi connectivity index (χ1v) is 7.20. The molecule has 0 unspecified atom stereocenters. The summed E-state index contributed by atoms with van der Waals surface area (Å²) < 4.78 is 0. The molecule has 2 heterocycles. The minimum Gasteiger partial charge on any atom is -0.312 e. The number of hydrogen-bond donors (Lipinski definition) is 2. The lowest BCUT2D eigenvalue weighted by molar-refractivity contribution is 0.627. The summed E-state index contributed by atoms with van der Waals surface area (Å²) in [5.74, 6) is 0. The maximum absolute atomic E-state index is 4.09. The molecule has 3 rings (SSSR count). The molecular weight excluding hydrogens is 242 g/mol. The monoisotopic (exact) mass is 259 g/mol. The lowest BCUT2D eigenvalue weighted by Gasteiger charge is -2.20. The van der Waals surface area contributed by atoms with E-state index in [2.05, 4.69) is 33.8 Å². The van der Waals surface area contributed by atoms with Gasteiger partial charge in [0, 0.05) is 30.7 Å². The van der Waals surface area contributed by atoms with Crippen LogP contribution in [0.15, 0.2) is 29.9 Å². The molecule has 1 aliphatic rings. The summed E-state index contributed by atoms with van der Waals surface area (Å²) in [6, 6.07) is 6.63. The van der Waals surface area contributed by atoms with Crippen molar-refractivity contribution in [3.8, 4) is 0 Å². The number of nitrogens with one attached hydrogen (secondary N) is 2. The molecule has 0 fully saturated rings. The van der Waals surface area contributed by atoms with Crippen LogP contribution < -0.4 is 10.6 Å². The molecule has 1 aromatic heterocycles. The lowest BCUT2D eigenvalue weighted by atomic mass is 9.95. The second-order valence-electron chi connectivity index (χ2n) is 4.55. The topological polar surface area (TPSA) is 37.0 Å². The van der Waals surface area contributed by atoms with Crippen molar-refractivity contribution in [1.29, 1.82) is 0 Å². The smallest absolute Gasteiger partial charge is 0.0794 e. The molecule has 0 spiro atoms. The predicted octanol–water partition coefficient (Wildman–Crippen LogP) is 2.08. The quantitative estimate of drug-likeness (QED) is 0.882. The summed E-state index contributed by atoms with van der Waals surface area (Å²) in [5.41, 5.74) is 6.32. The zero-order valence-electron chi connectivity index (χ0n) is 10.3. The van der Waals surface area contributed by atoms with Gasteiger partial charge in [-0.2, -0.15) is 0 Å². The lowest BCUT2D eigenvalue weighted by Crippen LogP contribution is -2.25. The molecule has 3 nitrogen and oxygen atoms in total. The summed E-state index contributed by atoms with van der Waals surface area (Å²) in [6.07, 6.45) is 3.08. The summed E-state index contributed by atoms with van der Waals surface area (Å²) >= 11 is 1.70. The van der Waals surface area contributed by atoms with Gasteiger partial charge in [-0.25, -0.2) is 0 Å². The first kappa shape index (κ1) is 11.8. The van der Waals surface area contributed by atoms with Crippen LogP contribution in [0.1, 0.15) is 21.6 Å². The van der Waals surface area contributed by atoms with E-state index in [9.17, 15) is 0 Å². The molecule has 4 heteroatoms. The molecule has 0 amide bonds. The van der Waals surface area contributed by atoms with Crippen molar-refractivity contribution >= 4 is 11.3 Å². The van der Waals surface area contributed by atoms with Gasteiger partial charge in [0.05, 0.1) is 5.51 Å². The second kappa shape index (κ2) is 5.61. The minimum atomic E-state index is 0.909. The van der Waals surface area contributed by atoms with Crippen LogP contribution in [0.2, 0.25) is 0 Å². The minimum absolute atomic E-state index is 0.909. The third-order valence-electron chi connectivity index (χ3n) is 3.34. The van der Waals surface area contributed by atoms with Gasteiger partial charge < -0.3 is 10.6 Å². The number of thiazole rings is 1. The van der Waals surface area contributed by atoms with E-state index in [1.165, 1.54) is 21.6 Å². The van der Waals surface area contributed by atoms with Crippen LogP contribution in [-0.4, -0.2) is 11.5 Å². The number of nitrogens with zero attached hydrogens (tertiary/aromatic N) is 1. The SMILES string of the molecule is c1cc2c(c(CNCc3cncs3)c1)CCNC2. The normalized spacial score (nSPS) is 14.4. The molecule has 0 saturated carbocycles. The number of aromatic nitrogens is 1. The number of hydrogen-bond acceptors (Lipinski definition) is 4. The first-order chi connectivity index (χ1) is 8.93. The van der Waals surface area contributed by atoms with Crippen molar-refractivity contribution in [2.45, 2.75) is 26.1 Å². The standard InChI is InChI=1S/C14H17N3S/c1-2-11-6-15-5-4-14(11)12(3-1)7-16-8-13-9-17-10-18-13/h1-3,9-10,15-16H,4-8H2. The fraction of sp³-hybridized carbons (Fsp3) is 0.357. The molecular formula is C14H17N3S. The summed E-state index contributed by atoms with van der Waals surface area (Å²) in [5, 5.41) is 6.92. The van der Waals surface area contributed by atoms with Crippen LogP contribution >= 0.6 is 11.3 Å². The third-order valence-corrected chi connectivity index (χ3v) is 4.12. The van der Waals surface area contributed by atoms with Gasteiger partial charge in [0.25, 0.3) is 0 Å². The second-order valence-corrected chi connectivity index (χ2v) is 5.52. The molecule has 18 heavy (non-hydrogen) atoms. The van der Waals surface area contributed by atoms with Crippen molar-refractivity contribution in [3.63, 3.8) is 0 Å². The number of fused-ring (bicyclic) bond motifs is 1. The highest BCUT2D eigenvalue weighted by Gasteiger charge is 2.11. The van der Waals surface area contributed by atoms with Gasteiger partial charge in [0.1, 0.15) is 0 Å². The predicted molar refractivity (Wildman–Crippen MR) is 74.5 cm³/mol. The third kappa shape index (κ3) is 2.61. The highest BCUT2D eigenvalue weighted by Crippen LogP contribution is 2.18. The molecule has 2 N–H and O–H groups in total. The largest absolute Gasteiger partial charge is 0.312 e. The molecule has 0 saturated heterocycles. The van der Waals surface area contributed by atoms with E-state index in [1.807, 2.05) is 11.7 Å². The summed E-state index contributed by atoms with van der Waals surface area (Å²) in [7, 11) is 0. The Morgan fingerprint density at radius 2 is 2.33 bits per heavy atom. The summed E-state index contributed by atoms with van der Waals surface area (Å²) in [6.45, 7) is 3.96. The number of benzene rings is 1. The Balaban J connectivity index is 1.65. The van der Waals surface area contributed by atoms with Gasteiger partial charge in [-0.15, -0.1) is 11.3 Å². The maximum Gasteiger partial charge on any atom is 0.0794 e. The van der Waals surface area contributed by atoms with Crippen LogP contribution in [0, 0.1) is 0 Å². The molecule has 2 aromatic rings. The molecule has 0 atom stereocenters. The van der Waals surface area contributed by atoms with Gasteiger partial charge in [-0.1, -0.05) is 18.2 Å². The van der Waals surface area contributed by atoms with Crippen molar-refractivity contribution in [2.75, 3.05) is 6.54 Å². The van der Waals surface area contributed by atoms with E-state index in [0.717, 1.165) is 32.6 Å². The van der Waals surface area contributed by atoms with Gasteiger partial charge in [0.2, 0.25) is 0 Å². The Kier molecular flexibility index (Phi) is 3.69. The van der Waals surface area contributed by atoms with Gasteiger partial charge in [-0.3, -0.25) is 4.98 Å². The fourth-order valence-electron chi connectivity index (χ4n) is 2.43. The average Bonchev–Trinajstić information content (AvgIpc) is 2.92. The van der Waals surface area contributed by atoms with Crippen molar-refractivity contribution < 1.29 is 0 Å². The van der Waals surface area contributed by atoms with Gasteiger partial charge >= 0.3 is 0 Å². The van der Waals surface area contributed by atoms with E-state index in [0.29, 0.717) is 0 Å². The molecule has 94 valence electrons. The zero-order chi connectivity index (χ0) is 12.2. The number of rotatable bonds is 4. The van der Waals surface area contributed by atoms with E-state index in [1.54, 1.807) is 11.3 Å². The highest BCUT2D eigenvalue weighted by molar-refractivity contribution is 7.09. The zero-order valence-corrected chi connectivity index (χ0v) is 11.1. The van der Waals surface area contributed by atoms with Gasteiger partial charge in [0.15, 0.2) is 0 Å². The first-order valence-electron chi connectivity index (χ1n) is 6.32. The molecule has 0 bridgehead atoms. The Morgan fingerprint density at radius 3 is 3.22 bits per heavy atom. The van der Waals surface area contributed by atoms with Crippen LogP contribution in [0.25, 0.3) is 0 Å².